The van der Waals surface area contributed by atoms with E-state index >= 15 is 0 Å². The molecule has 0 unspecified atom stereocenters. The van der Waals surface area contributed by atoms with E-state index in [0.717, 1.165) is 10.6 Å². The first-order valence-corrected chi connectivity index (χ1v) is 5.93. The number of carbonyl (C=O) groups excluding carboxylic acids is 1. The second kappa shape index (κ2) is 8.23. The Balaban J connectivity index is 2.59. The van der Waals surface area contributed by atoms with Crippen LogP contribution in [0.3, 0.4) is 0 Å². The van der Waals surface area contributed by atoms with Crippen LogP contribution in [0.15, 0.2) is 30.3 Å². The van der Waals surface area contributed by atoms with Gasteiger partial charge in [0.2, 0.25) is 6.41 Å². The lowest BCUT2D eigenvalue weighted by molar-refractivity contribution is -0.201. The van der Waals surface area contributed by atoms with Gasteiger partial charge in [-0.2, -0.15) is 0 Å². The zero-order valence-electron chi connectivity index (χ0n) is 10.4. The SMILES string of the molecule is O=CN(OCc1ccccc1)[C@@H](CCCO)C(=O)O. The number of aliphatic hydroxyl groups is 1. The molecule has 1 aromatic rings. The minimum atomic E-state index is -1.16. The van der Waals surface area contributed by atoms with Gasteiger partial charge in [-0.25, -0.2) is 9.86 Å². The molecule has 1 atom stereocenters. The minimum Gasteiger partial charge on any atom is -0.480 e. The molecule has 0 bridgehead atoms. The highest BCUT2D eigenvalue weighted by atomic mass is 16.7. The number of aliphatic carboxylic acids is 1. The number of rotatable bonds is 9. The number of amides is 1. The van der Waals surface area contributed by atoms with E-state index in [4.69, 9.17) is 15.1 Å². The molecule has 19 heavy (non-hydrogen) atoms. The molecule has 0 aromatic heterocycles. The Morgan fingerprint density at radius 2 is 2.05 bits per heavy atom. The first-order chi connectivity index (χ1) is 9.19. The van der Waals surface area contributed by atoms with Gasteiger partial charge in [0.1, 0.15) is 6.61 Å². The van der Waals surface area contributed by atoms with E-state index in [9.17, 15) is 9.59 Å². The van der Waals surface area contributed by atoms with Gasteiger partial charge in [-0.1, -0.05) is 30.3 Å². The first-order valence-electron chi connectivity index (χ1n) is 5.93. The van der Waals surface area contributed by atoms with Crippen molar-refractivity contribution in [2.75, 3.05) is 6.61 Å². The normalized spacial score (nSPS) is 11.8. The Kier molecular flexibility index (Phi) is 6.56. The number of aliphatic hydroxyl groups excluding tert-OH is 1. The van der Waals surface area contributed by atoms with Crippen LogP contribution in [0.2, 0.25) is 0 Å². The second-order valence-electron chi connectivity index (χ2n) is 3.94. The third-order valence-corrected chi connectivity index (χ3v) is 2.55. The highest BCUT2D eigenvalue weighted by Crippen LogP contribution is 2.09. The first kappa shape index (κ1) is 15.1. The van der Waals surface area contributed by atoms with Gasteiger partial charge in [-0.05, 0) is 18.4 Å². The number of nitrogens with zero attached hydrogens (tertiary/aromatic N) is 1. The van der Waals surface area contributed by atoms with Crippen molar-refractivity contribution in [3.63, 3.8) is 0 Å². The van der Waals surface area contributed by atoms with Crippen molar-refractivity contribution in [3.8, 4) is 0 Å². The molecule has 0 spiro atoms. The largest absolute Gasteiger partial charge is 0.480 e. The number of hydrogen-bond acceptors (Lipinski definition) is 4. The van der Waals surface area contributed by atoms with Crippen molar-refractivity contribution in [2.24, 2.45) is 0 Å². The lowest BCUT2D eigenvalue weighted by Crippen LogP contribution is -2.40. The van der Waals surface area contributed by atoms with E-state index in [2.05, 4.69) is 0 Å². The molecule has 0 heterocycles. The molecule has 0 radical (unpaired) electrons. The zero-order chi connectivity index (χ0) is 14.1. The van der Waals surface area contributed by atoms with Gasteiger partial charge in [0.15, 0.2) is 6.04 Å². The molecule has 0 aliphatic heterocycles. The monoisotopic (exact) mass is 267 g/mol. The molecule has 104 valence electrons. The van der Waals surface area contributed by atoms with Crippen molar-refractivity contribution in [2.45, 2.75) is 25.5 Å². The maximum absolute atomic E-state index is 11.1. The minimum absolute atomic E-state index is 0.114. The van der Waals surface area contributed by atoms with Crippen LogP contribution in [-0.2, 0) is 21.0 Å². The summed E-state index contributed by atoms with van der Waals surface area (Å²) in [7, 11) is 0. The summed E-state index contributed by atoms with van der Waals surface area (Å²) in [5.74, 6) is -1.16. The fraction of sp³-hybridized carbons (Fsp3) is 0.385. The Bertz CT molecular complexity index is 395. The molecule has 0 saturated heterocycles. The Hall–Kier alpha value is -1.92. The lowest BCUT2D eigenvalue weighted by Gasteiger charge is -2.23. The van der Waals surface area contributed by atoms with Crippen LogP contribution in [0.1, 0.15) is 18.4 Å². The molecule has 6 heteroatoms. The summed E-state index contributed by atoms with van der Waals surface area (Å²) in [6, 6.07) is 8.03. The Labute approximate surface area is 111 Å². The Morgan fingerprint density at radius 3 is 2.58 bits per heavy atom. The number of hydrogen-bond donors (Lipinski definition) is 2. The molecular weight excluding hydrogens is 250 g/mol. The summed E-state index contributed by atoms with van der Waals surface area (Å²) in [6.45, 7) is -0.0162. The molecule has 0 aliphatic carbocycles. The fourth-order valence-electron chi connectivity index (χ4n) is 1.56. The van der Waals surface area contributed by atoms with Crippen molar-refractivity contribution in [3.05, 3.63) is 35.9 Å². The number of benzene rings is 1. The van der Waals surface area contributed by atoms with Gasteiger partial charge in [0.25, 0.3) is 0 Å². The number of carboxylic acid groups (broad SMARTS) is 1. The average molecular weight is 267 g/mol. The zero-order valence-corrected chi connectivity index (χ0v) is 10.4. The van der Waals surface area contributed by atoms with Gasteiger partial charge in [-0.3, -0.25) is 9.63 Å². The van der Waals surface area contributed by atoms with Crippen molar-refractivity contribution in [1.29, 1.82) is 0 Å². The Morgan fingerprint density at radius 1 is 1.37 bits per heavy atom. The third kappa shape index (κ3) is 5.07. The third-order valence-electron chi connectivity index (χ3n) is 2.55. The predicted octanol–water partition coefficient (Wildman–Crippen LogP) is 0.802. The van der Waals surface area contributed by atoms with Gasteiger partial charge < -0.3 is 10.2 Å². The van der Waals surface area contributed by atoms with E-state index in [-0.39, 0.29) is 26.1 Å². The average Bonchev–Trinajstić information content (AvgIpc) is 2.43. The predicted molar refractivity (Wildman–Crippen MR) is 66.9 cm³/mol. The standard InChI is InChI=1S/C13H17NO5/c15-8-4-7-12(13(17)18)14(10-16)19-9-11-5-2-1-3-6-11/h1-3,5-6,10,12,15H,4,7-9H2,(H,17,18)/t12-/m0/s1. The van der Waals surface area contributed by atoms with E-state index < -0.39 is 12.0 Å². The second-order valence-corrected chi connectivity index (χ2v) is 3.94. The summed E-state index contributed by atoms with van der Waals surface area (Å²) in [5, 5.41) is 18.5. The molecule has 0 aliphatic rings. The van der Waals surface area contributed by atoms with Crippen LogP contribution < -0.4 is 0 Å². The summed E-state index contributed by atoms with van der Waals surface area (Å²) in [6.07, 6.45) is 0.772. The van der Waals surface area contributed by atoms with Crippen molar-refractivity contribution < 1.29 is 24.6 Å². The van der Waals surface area contributed by atoms with Gasteiger partial charge in [0, 0.05) is 6.61 Å². The fourth-order valence-corrected chi connectivity index (χ4v) is 1.56. The lowest BCUT2D eigenvalue weighted by atomic mass is 10.1. The van der Waals surface area contributed by atoms with Crippen LogP contribution in [0.4, 0.5) is 0 Å². The maximum Gasteiger partial charge on any atom is 0.329 e. The quantitative estimate of drug-likeness (QED) is 0.510. The van der Waals surface area contributed by atoms with Gasteiger partial charge >= 0.3 is 5.97 Å². The van der Waals surface area contributed by atoms with E-state index in [1.807, 2.05) is 30.3 Å². The van der Waals surface area contributed by atoms with Crippen molar-refractivity contribution >= 4 is 12.4 Å². The smallest absolute Gasteiger partial charge is 0.329 e. The molecule has 1 aromatic carbocycles. The van der Waals surface area contributed by atoms with Gasteiger partial charge in [0.05, 0.1) is 0 Å². The van der Waals surface area contributed by atoms with E-state index in [0.29, 0.717) is 6.41 Å². The van der Waals surface area contributed by atoms with Crippen LogP contribution in [-0.4, -0.2) is 40.3 Å². The molecular formula is C13H17NO5. The molecule has 0 saturated carbocycles. The highest BCUT2D eigenvalue weighted by molar-refractivity contribution is 5.75. The maximum atomic E-state index is 11.1. The summed E-state index contributed by atoms with van der Waals surface area (Å²) in [4.78, 5) is 27.2. The van der Waals surface area contributed by atoms with Crippen LogP contribution >= 0.6 is 0 Å². The summed E-state index contributed by atoms with van der Waals surface area (Å²) in [5.41, 5.74) is 0.834. The van der Waals surface area contributed by atoms with Crippen LogP contribution in [0.5, 0.6) is 0 Å². The molecule has 2 N–H and O–H groups in total. The van der Waals surface area contributed by atoms with Crippen LogP contribution in [0, 0.1) is 0 Å². The molecule has 6 nitrogen and oxygen atoms in total. The van der Waals surface area contributed by atoms with Crippen LogP contribution in [0.25, 0.3) is 0 Å². The van der Waals surface area contributed by atoms with Gasteiger partial charge in [-0.15, -0.1) is 0 Å². The van der Waals surface area contributed by atoms with Crippen molar-refractivity contribution in [1.82, 2.24) is 5.06 Å². The molecule has 1 amide bonds. The summed E-state index contributed by atoms with van der Waals surface area (Å²) < 4.78 is 0. The number of carbonyl (C=O) groups is 2. The van der Waals surface area contributed by atoms with E-state index in [1.54, 1.807) is 0 Å². The highest BCUT2D eigenvalue weighted by Gasteiger charge is 2.25. The number of carboxylic acids is 1. The number of hydroxylamine groups is 2. The molecule has 1 rings (SSSR count). The van der Waals surface area contributed by atoms with E-state index in [1.165, 1.54) is 0 Å². The summed E-state index contributed by atoms with van der Waals surface area (Å²) >= 11 is 0. The topological polar surface area (TPSA) is 87.1 Å². The molecule has 0 fully saturated rings.